The van der Waals surface area contributed by atoms with Crippen molar-refractivity contribution in [2.45, 2.75) is 27.7 Å². The molecule has 0 N–H and O–H groups in total. The van der Waals surface area contributed by atoms with Crippen LogP contribution in [0.2, 0.25) is 0 Å². The molecule has 0 aromatic heterocycles. The van der Waals surface area contributed by atoms with Crippen molar-refractivity contribution < 1.29 is 0 Å². The number of allylic oxidation sites excluding steroid dienone is 3. The summed E-state index contributed by atoms with van der Waals surface area (Å²) in [6.07, 6.45) is 8.63. The molecule has 0 heterocycles. The molecular formula is C24H31P. The molecule has 0 radical (unpaired) electrons. The molecule has 0 atom stereocenters. The molecule has 1 heteroatoms. The van der Waals surface area contributed by atoms with Gasteiger partial charge in [-0.3, -0.25) is 0 Å². The molecular weight excluding hydrogens is 319 g/mol. The molecule has 0 aliphatic heterocycles. The van der Waals surface area contributed by atoms with Crippen LogP contribution in [0.3, 0.4) is 0 Å². The average molecular weight is 350 g/mol. The van der Waals surface area contributed by atoms with Crippen molar-refractivity contribution in [3.8, 4) is 0 Å². The van der Waals surface area contributed by atoms with Crippen LogP contribution in [0, 0.1) is 6.92 Å². The summed E-state index contributed by atoms with van der Waals surface area (Å²) in [5, 5.41) is 2.98. The van der Waals surface area contributed by atoms with Crippen LogP contribution in [0.15, 0.2) is 55.1 Å². The molecule has 0 saturated heterocycles. The van der Waals surface area contributed by atoms with Crippen LogP contribution >= 0.6 is 7.26 Å². The van der Waals surface area contributed by atoms with Crippen LogP contribution in [0.1, 0.15) is 43.0 Å². The number of benzene rings is 2. The molecule has 0 bridgehead atoms. The van der Waals surface area contributed by atoms with Crippen molar-refractivity contribution in [1.82, 2.24) is 0 Å². The Labute approximate surface area is 154 Å². The van der Waals surface area contributed by atoms with E-state index in [1.165, 1.54) is 32.9 Å². The van der Waals surface area contributed by atoms with Gasteiger partial charge in [-0.05, 0) is 0 Å². The maximum atomic E-state index is 4.13. The molecule has 0 nitrogen and oxygen atoms in total. The van der Waals surface area contributed by atoms with E-state index in [1.807, 2.05) is 0 Å². The van der Waals surface area contributed by atoms with Gasteiger partial charge in [-0.25, -0.2) is 0 Å². The van der Waals surface area contributed by atoms with Crippen LogP contribution < -0.4 is 10.6 Å². The van der Waals surface area contributed by atoms with E-state index in [9.17, 15) is 0 Å². The fourth-order valence-electron chi connectivity index (χ4n) is 3.50. The van der Waals surface area contributed by atoms with E-state index >= 15 is 0 Å². The van der Waals surface area contributed by atoms with Gasteiger partial charge >= 0.3 is 154 Å². The topological polar surface area (TPSA) is 0 Å². The molecule has 0 amide bonds. The Morgan fingerprint density at radius 1 is 0.960 bits per heavy atom. The van der Waals surface area contributed by atoms with E-state index in [-0.39, 0.29) is 0 Å². The standard InChI is InChI=1S/C24H31P/c1-8-11-20-13-10-14-24(19(20)5)25(6,7)22-15-16-23(18(3)4)21(17-22)12-9-2/h8-17,25H,3H2,1-2,4-7H3/b11-8-,12-9-. The van der Waals surface area contributed by atoms with Gasteiger partial charge in [-0.2, -0.15) is 0 Å². The van der Waals surface area contributed by atoms with Gasteiger partial charge in [0.2, 0.25) is 0 Å². The minimum absolute atomic E-state index is 1.12. The normalized spacial score (nSPS) is 12.9. The average Bonchev–Trinajstić information content (AvgIpc) is 2.56. The Morgan fingerprint density at radius 2 is 1.60 bits per heavy atom. The Balaban J connectivity index is 2.62. The van der Waals surface area contributed by atoms with Crippen molar-refractivity contribution in [2.75, 3.05) is 13.3 Å². The van der Waals surface area contributed by atoms with E-state index in [2.05, 4.69) is 108 Å². The van der Waals surface area contributed by atoms with Crippen molar-refractivity contribution >= 4 is 35.6 Å². The van der Waals surface area contributed by atoms with Gasteiger partial charge in [-0.15, -0.1) is 0 Å². The first kappa shape index (κ1) is 19.4. The summed E-state index contributed by atoms with van der Waals surface area (Å²) in [6.45, 7) is 17.5. The van der Waals surface area contributed by atoms with Gasteiger partial charge in [0, 0.05) is 0 Å². The quantitative estimate of drug-likeness (QED) is 0.575. The molecule has 2 rings (SSSR count). The zero-order valence-electron chi connectivity index (χ0n) is 16.5. The Kier molecular flexibility index (Phi) is 6.20. The van der Waals surface area contributed by atoms with Crippen molar-refractivity contribution in [1.29, 1.82) is 0 Å². The fourth-order valence-corrected chi connectivity index (χ4v) is 6.43. The molecule has 0 aliphatic carbocycles. The minimum atomic E-state index is -1.78. The Hall–Kier alpha value is -1.91. The third-order valence-electron chi connectivity index (χ3n) is 4.97. The molecule has 0 saturated carbocycles. The SMILES string of the molecule is C=C(C)c1ccc([PH](C)(C)c2cccc(/C=C\C)c2C)cc1/C=C\C. The molecule has 25 heavy (non-hydrogen) atoms. The molecule has 0 unspecified atom stereocenters. The second kappa shape index (κ2) is 7.98. The van der Waals surface area contributed by atoms with Gasteiger partial charge in [0.25, 0.3) is 0 Å². The summed E-state index contributed by atoms with van der Waals surface area (Å²) < 4.78 is 0. The molecule has 132 valence electrons. The van der Waals surface area contributed by atoms with E-state index in [0.29, 0.717) is 0 Å². The second-order valence-electron chi connectivity index (χ2n) is 7.23. The summed E-state index contributed by atoms with van der Waals surface area (Å²) >= 11 is 0. The van der Waals surface area contributed by atoms with Crippen LogP contribution in [-0.2, 0) is 0 Å². The van der Waals surface area contributed by atoms with Crippen LogP contribution in [0.4, 0.5) is 0 Å². The third-order valence-corrected chi connectivity index (χ3v) is 8.62. The van der Waals surface area contributed by atoms with Gasteiger partial charge in [0.15, 0.2) is 0 Å². The van der Waals surface area contributed by atoms with E-state index in [1.54, 1.807) is 0 Å². The van der Waals surface area contributed by atoms with Gasteiger partial charge in [0.1, 0.15) is 0 Å². The van der Waals surface area contributed by atoms with Gasteiger partial charge in [-0.1, -0.05) is 0 Å². The van der Waals surface area contributed by atoms with Crippen molar-refractivity contribution in [3.63, 3.8) is 0 Å². The summed E-state index contributed by atoms with van der Waals surface area (Å²) in [5.74, 6) is 0. The maximum absolute atomic E-state index is 4.13. The van der Waals surface area contributed by atoms with Crippen LogP contribution in [0.5, 0.6) is 0 Å². The predicted octanol–water partition coefficient (Wildman–Crippen LogP) is 6.05. The van der Waals surface area contributed by atoms with E-state index in [4.69, 9.17) is 0 Å². The monoisotopic (exact) mass is 350 g/mol. The third kappa shape index (κ3) is 4.02. The van der Waals surface area contributed by atoms with Gasteiger partial charge < -0.3 is 0 Å². The Morgan fingerprint density at radius 3 is 2.20 bits per heavy atom. The summed E-state index contributed by atoms with van der Waals surface area (Å²) in [4.78, 5) is 0. The van der Waals surface area contributed by atoms with Crippen LogP contribution in [-0.4, -0.2) is 13.3 Å². The first-order chi connectivity index (χ1) is 11.8. The van der Waals surface area contributed by atoms with E-state index in [0.717, 1.165) is 5.57 Å². The summed E-state index contributed by atoms with van der Waals surface area (Å²) in [5.41, 5.74) is 6.37. The second-order valence-corrected chi connectivity index (χ2v) is 11.6. The van der Waals surface area contributed by atoms with Crippen molar-refractivity contribution in [2.24, 2.45) is 0 Å². The van der Waals surface area contributed by atoms with Gasteiger partial charge in [0.05, 0.1) is 0 Å². The summed E-state index contributed by atoms with van der Waals surface area (Å²) in [7, 11) is -1.78. The van der Waals surface area contributed by atoms with Crippen LogP contribution in [0.25, 0.3) is 17.7 Å². The zero-order chi connectivity index (χ0) is 18.6. The first-order valence-corrected chi connectivity index (χ1v) is 12.0. The Bertz CT molecular complexity index is 835. The molecule has 0 spiro atoms. The fraction of sp³-hybridized carbons (Fsp3) is 0.250. The first-order valence-electron chi connectivity index (χ1n) is 8.98. The number of hydrogen-bond acceptors (Lipinski definition) is 0. The molecule has 2 aromatic carbocycles. The predicted molar refractivity (Wildman–Crippen MR) is 121 cm³/mol. The van der Waals surface area contributed by atoms with E-state index < -0.39 is 7.26 Å². The zero-order valence-corrected chi connectivity index (χ0v) is 17.5. The number of rotatable bonds is 5. The molecule has 0 aliphatic rings. The molecule has 0 fully saturated rings. The molecule has 2 aromatic rings. The summed E-state index contributed by atoms with van der Waals surface area (Å²) in [6, 6.07) is 13.6. The number of hydrogen-bond donors (Lipinski definition) is 0. The van der Waals surface area contributed by atoms with Crippen molar-refractivity contribution in [3.05, 3.63) is 77.4 Å².